The topological polar surface area (TPSA) is 71.2 Å². The van der Waals surface area contributed by atoms with Crippen LogP contribution >= 0.6 is 0 Å². The number of nitrogens with one attached hydrogen (secondary N) is 1. The molecule has 5 nitrogen and oxygen atoms in total. The van der Waals surface area contributed by atoms with Gasteiger partial charge in [0, 0.05) is 37.6 Å². The molecule has 118 valence electrons. The number of anilines is 1. The molecule has 3 N–H and O–H groups in total. The summed E-state index contributed by atoms with van der Waals surface area (Å²) in [5.41, 5.74) is 7.42. The molecule has 21 heavy (non-hydrogen) atoms. The second kappa shape index (κ2) is 8.62. The van der Waals surface area contributed by atoms with Crippen LogP contribution in [0, 0.1) is 5.92 Å². The fraction of sp³-hybridized carbons (Fsp3) is 0.625. The molecule has 1 rings (SSSR count). The first kappa shape index (κ1) is 17.4. The lowest BCUT2D eigenvalue weighted by Gasteiger charge is -2.19. The van der Waals surface area contributed by atoms with Gasteiger partial charge in [0.15, 0.2) is 0 Å². The molecule has 1 amide bonds. The van der Waals surface area contributed by atoms with Gasteiger partial charge in [-0.05, 0) is 38.3 Å². The van der Waals surface area contributed by atoms with E-state index in [1.165, 1.54) is 0 Å². The quantitative estimate of drug-likeness (QED) is 0.771. The molecule has 0 saturated carbocycles. The lowest BCUT2D eigenvalue weighted by molar-refractivity contribution is 0.0767. The number of amides is 1. The van der Waals surface area contributed by atoms with E-state index >= 15 is 0 Å². The average molecular weight is 292 g/mol. The summed E-state index contributed by atoms with van der Waals surface area (Å²) in [6.45, 7) is 10.3. The van der Waals surface area contributed by atoms with E-state index < -0.39 is 0 Å². The van der Waals surface area contributed by atoms with Crippen LogP contribution in [-0.4, -0.2) is 41.5 Å². The first-order valence-electron chi connectivity index (χ1n) is 7.72. The molecule has 1 unspecified atom stereocenters. The standard InChI is InChI=1S/C16H28N4O/c1-5-20(6-2)16(21)15-10-14(7-8-18-15)19-11-13(17)9-12(3)4/h7-8,10,12-13H,5-6,9,11,17H2,1-4H3,(H,18,19). The Balaban J connectivity index is 2.66. The third-order valence-electron chi connectivity index (χ3n) is 3.37. The van der Waals surface area contributed by atoms with Crippen LogP contribution in [0.1, 0.15) is 44.6 Å². The van der Waals surface area contributed by atoms with Gasteiger partial charge in [-0.15, -0.1) is 0 Å². The number of nitrogens with zero attached hydrogens (tertiary/aromatic N) is 2. The lowest BCUT2D eigenvalue weighted by atomic mass is 10.0. The molecule has 0 aliphatic rings. The van der Waals surface area contributed by atoms with E-state index in [1.807, 2.05) is 19.9 Å². The number of hydrogen-bond donors (Lipinski definition) is 2. The third kappa shape index (κ3) is 5.71. The second-order valence-electron chi connectivity index (χ2n) is 5.68. The number of pyridine rings is 1. The summed E-state index contributed by atoms with van der Waals surface area (Å²) in [7, 11) is 0. The largest absolute Gasteiger partial charge is 0.383 e. The predicted molar refractivity (Wildman–Crippen MR) is 87.4 cm³/mol. The Morgan fingerprint density at radius 2 is 2.05 bits per heavy atom. The SMILES string of the molecule is CCN(CC)C(=O)c1cc(NCC(N)CC(C)C)ccn1. The molecule has 0 radical (unpaired) electrons. The average Bonchev–Trinajstić information content (AvgIpc) is 2.46. The van der Waals surface area contributed by atoms with Crippen molar-refractivity contribution in [2.75, 3.05) is 25.0 Å². The van der Waals surface area contributed by atoms with E-state index in [0.29, 0.717) is 31.2 Å². The van der Waals surface area contributed by atoms with Crippen molar-refractivity contribution in [1.29, 1.82) is 0 Å². The van der Waals surface area contributed by atoms with Gasteiger partial charge in [0.05, 0.1) is 0 Å². The Morgan fingerprint density at radius 1 is 1.38 bits per heavy atom. The maximum Gasteiger partial charge on any atom is 0.272 e. The van der Waals surface area contributed by atoms with Crippen LogP contribution in [0.25, 0.3) is 0 Å². The molecule has 0 bridgehead atoms. The zero-order valence-corrected chi connectivity index (χ0v) is 13.6. The van der Waals surface area contributed by atoms with Crippen molar-refractivity contribution in [3.05, 3.63) is 24.0 Å². The normalized spacial score (nSPS) is 12.3. The van der Waals surface area contributed by atoms with Crippen LogP contribution in [0.5, 0.6) is 0 Å². The number of rotatable bonds is 8. The maximum absolute atomic E-state index is 12.3. The number of carbonyl (C=O) groups is 1. The van der Waals surface area contributed by atoms with Crippen LogP contribution in [0.2, 0.25) is 0 Å². The van der Waals surface area contributed by atoms with E-state index in [2.05, 4.69) is 24.1 Å². The van der Waals surface area contributed by atoms with Crippen molar-refractivity contribution in [1.82, 2.24) is 9.88 Å². The van der Waals surface area contributed by atoms with Crippen LogP contribution < -0.4 is 11.1 Å². The molecule has 0 saturated heterocycles. The van der Waals surface area contributed by atoms with E-state index in [1.54, 1.807) is 17.2 Å². The number of aromatic nitrogens is 1. The highest BCUT2D eigenvalue weighted by atomic mass is 16.2. The minimum atomic E-state index is -0.0323. The Labute approximate surface area is 127 Å². The van der Waals surface area contributed by atoms with Crippen molar-refractivity contribution >= 4 is 11.6 Å². The molecule has 1 aromatic heterocycles. The number of nitrogens with two attached hydrogens (primary N) is 1. The van der Waals surface area contributed by atoms with Crippen molar-refractivity contribution < 1.29 is 4.79 Å². The Bertz CT molecular complexity index is 444. The van der Waals surface area contributed by atoms with Gasteiger partial charge in [0.2, 0.25) is 0 Å². The van der Waals surface area contributed by atoms with Gasteiger partial charge >= 0.3 is 0 Å². The summed E-state index contributed by atoms with van der Waals surface area (Å²) in [6, 6.07) is 3.77. The summed E-state index contributed by atoms with van der Waals surface area (Å²) in [5, 5.41) is 3.28. The highest BCUT2D eigenvalue weighted by Crippen LogP contribution is 2.11. The van der Waals surface area contributed by atoms with Gasteiger partial charge in [-0.1, -0.05) is 13.8 Å². The Morgan fingerprint density at radius 3 is 2.62 bits per heavy atom. The zero-order chi connectivity index (χ0) is 15.8. The maximum atomic E-state index is 12.3. The molecule has 0 aliphatic heterocycles. The van der Waals surface area contributed by atoms with E-state index in [4.69, 9.17) is 5.73 Å². The van der Waals surface area contributed by atoms with E-state index in [0.717, 1.165) is 12.1 Å². The minimum absolute atomic E-state index is 0.0323. The van der Waals surface area contributed by atoms with Crippen molar-refractivity contribution in [2.45, 2.75) is 40.2 Å². The molecule has 0 aromatic carbocycles. The third-order valence-corrected chi connectivity index (χ3v) is 3.37. The number of hydrogen-bond acceptors (Lipinski definition) is 4. The molecular weight excluding hydrogens is 264 g/mol. The van der Waals surface area contributed by atoms with Gasteiger partial charge in [-0.3, -0.25) is 9.78 Å². The fourth-order valence-corrected chi connectivity index (χ4v) is 2.27. The van der Waals surface area contributed by atoms with Crippen LogP contribution in [0.4, 0.5) is 5.69 Å². The minimum Gasteiger partial charge on any atom is -0.383 e. The zero-order valence-electron chi connectivity index (χ0n) is 13.6. The van der Waals surface area contributed by atoms with Crippen LogP contribution in [0.15, 0.2) is 18.3 Å². The molecule has 1 heterocycles. The summed E-state index contributed by atoms with van der Waals surface area (Å²) < 4.78 is 0. The molecule has 0 fully saturated rings. The van der Waals surface area contributed by atoms with Crippen molar-refractivity contribution in [3.63, 3.8) is 0 Å². The van der Waals surface area contributed by atoms with Gasteiger partial charge in [-0.2, -0.15) is 0 Å². The van der Waals surface area contributed by atoms with Gasteiger partial charge in [0.1, 0.15) is 5.69 Å². The van der Waals surface area contributed by atoms with Crippen LogP contribution in [0.3, 0.4) is 0 Å². The Kier molecular flexibility index (Phi) is 7.15. The second-order valence-corrected chi connectivity index (χ2v) is 5.68. The summed E-state index contributed by atoms with van der Waals surface area (Å²) in [5.74, 6) is 0.550. The van der Waals surface area contributed by atoms with Crippen LogP contribution in [-0.2, 0) is 0 Å². The molecular formula is C16H28N4O. The summed E-state index contributed by atoms with van der Waals surface area (Å²) in [4.78, 5) is 18.2. The van der Waals surface area contributed by atoms with Crippen molar-refractivity contribution in [2.24, 2.45) is 11.7 Å². The molecule has 1 aromatic rings. The van der Waals surface area contributed by atoms with E-state index in [9.17, 15) is 4.79 Å². The van der Waals surface area contributed by atoms with E-state index in [-0.39, 0.29) is 11.9 Å². The summed E-state index contributed by atoms with van der Waals surface area (Å²) in [6.07, 6.45) is 2.64. The van der Waals surface area contributed by atoms with Gasteiger partial charge in [0.25, 0.3) is 5.91 Å². The van der Waals surface area contributed by atoms with Crippen molar-refractivity contribution in [3.8, 4) is 0 Å². The predicted octanol–water partition coefficient (Wildman–Crippen LogP) is 2.35. The summed E-state index contributed by atoms with van der Waals surface area (Å²) >= 11 is 0. The first-order valence-corrected chi connectivity index (χ1v) is 7.72. The number of carbonyl (C=O) groups excluding carboxylic acids is 1. The Hall–Kier alpha value is -1.62. The molecule has 5 heteroatoms. The van der Waals surface area contributed by atoms with Gasteiger partial charge < -0.3 is 16.0 Å². The first-order chi connectivity index (χ1) is 9.97. The molecule has 0 spiro atoms. The highest BCUT2D eigenvalue weighted by Gasteiger charge is 2.14. The highest BCUT2D eigenvalue weighted by molar-refractivity contribution is 5.93. The lowest BCUT2D eigenvalue weighted by Crippen LogP contribution is -2.32. The molecule has 0 aliphatic carbocycles. The monoisotopic (exact) mass is 292 g/mol. The fourth-order valence-electron chi connectivity index (χ4n) is 2.27. The molecule has 1 atom stereocenters. The van der Waals surface area contributed by atoms with Gasteiger partial charge in [-0.25, -0.2) is 0 Å². The smallest absolute Gasteiger partial charge is 0.272 e.